The highest BCUT2D eigenvalue weighted by molar-refractivity contribution is 5.94. The maximum absolute atomic E-state index is 12.5. The summed E-state index contributed by atoms with van der Waals surface area (Å²) >= 11 is 0. The van der Waals surface area contributed by atoms with Crippen molar-refractivity contribution in [3.8, 4) is 23.2 Å². The van der Waals surface area contributed by atoms with Gasteiger partial charge < -0.3 is 14.8 Å². The van der Waals surface area contributed by atoms with Gasteiger partial charge in [-0.1, -0.05) is 41.6 Å². The van der Waals surface area contributed by atoms with E-state index in [1.54, 1.807) is 12.3 Å². The lowest BCUT2D eigenvalue weighted by molar-refractivity contribution is 0.0950. The van der Waals surface area contributed by atoms with E-state index in [0.717, 1.165) is 5.69 Å². The molecule has 4 heterocycles. The molecule has 5 rings (SSSR count). The van der Waals surface area contributed by atoms with Gasteiger partial charge in [-0.3, -0.25) is 9.78 Å². The SMILES string of the molecule is O=C1NCC(c2ccccc2)Cc2[nH]c(-c3nc(-c4ccccn4)no3)nc21. The van der Waals surface area contributed by atoms with E-state index in [0.29, 0.717) is 36.0 Å². The molecule has 3 aromatic heterocycles. The first kappa shape index (κ1) is 16.4. The fourth-order valence-electron chi connectivity index (χ4n) is 3.34. The molecule has 1 amide bonds. The molecule has 0 fully saturated rings. The Balaban J connectivity index is 1.47. The summed E-state index contributed by atoms with van der Waals surface area (Å²) in [4.78, 5) is 28.7. The summed E-state index contributed by atoms with van der Waals surface area (Å²) in [7, 11) is 0. The third kappa shape index (κ3) is 2.94. The Hall–Kier alpha value is -3.81. The molecule has 0 aliphatic carbocycles. The zero-order valence-corrected chi connectivity index (χ0v) is 14.8. The zero-order chi connectivity index (χ0) is 18.9. The Morgan fingerprint density at radius 1 is 1.04 bits per heavy atom. The normalized spacial score (nSPS) is 16.3. The van der Waals surface area contributed by atoms with Crippen molar-refractivity contribution < 1.29 is 9.32 Å². The Morgan fingerprint density at radius 2 is 1.89 bits per heavy atom. The van der Waals surface area contributed by atoms with Crippen molar-refractivity contribution in [2.45, 2.75) is 12.3 Å². The third-order valence-electron chi connectivity index (χ3n) is 4.75. The van der Waals surface area contributed by atoms with E-state index in [2.05, 4.69) is 42.5 Å². The van der Waals surface area contributed by atoms with E-state index in [1.807, 2.05) is 30.3 Å². The second-order valence-corrected chi connectivity index (χ2v) is 6.57. The van der Waals surface area contributed by atoms with E-state index in [9.17, 15) is 4.79 Å². The fraction of sp³-hybridized carbons (Fsp3) is 0.150. The van der Waals surface area contributed by atoms with Crippen LogP contribution in [0.3, 0.4) is 0 Å². The number of carbonyl (C=O) groups excluding carboxylic acids is 1. The molecule has 0 spiro atoms. The molecular weight excluding hydrogens is 356 g/mol. The van der Waals surface area contributed by atoms with Crippen LogP contribution in [-0.2, 0) is 6.42 Å². The van der Waals surface area contributed by atoms with Gasteiger partial charge in [-0.25, -0.2) is 4.98 Å². The van der Waals surface area contributed by atoms with E-state index in [1.165, 1.54) is 5.56 Å². The number of hydrogen-bond acceptors (Lipinski definition) is 6. The standard InChI is InChI=1S/C20H16N6O2/c27-19-16-15(10-13(11-22-19)12-6-2-1-3-7-12)23-18(24-16)20-25-17(26-28-20)14-8-4-5-9-21-14/h1-9,13H,10-11H2,(H,22,27)(H,23,24). The highest BCUT2D eigenvalue weighted by atomic mass is 16.5. The van der Waals surface area contributed by atoms with Crippen molar-refractivity contribution in [2.75, 3.05) is 6.54 Å². The van der Waals surface area contributed by atoms with E-state index >= 15 is 0 Å². The quantitative estimate of drug-likeness (QED) is 0.572. The number of rotatable bonds is 3. The molecule has 1 aliphatic rings. The van der Waals surface area contributed by atoms with Crippen molar-refractivity contribution >= 4 is 5.91 Å². The van der Waals surface area contributed by atoms with Crippen molar-refractivity contribution in [3.63, 3.8) is 0 Å². The molecule has 1 unspecified atom stereocenters. The maximum atomic E-state index is 12.5. The van der Waals surface area contributed by atoms with Crippen LogP contribution in [0.5, 0.6) is 0 Å². The van der Waals surface area contributed by atoms with E-state index in [-0.39, 0.29) is 17.7 Å². The summed E-state index contributed by atoms with van der Waals surface area (Å²) in [5.74, 6) is 0.919. The molecular formula is C20H16N6O2. The summed E-state index contributed by atoms with van der Waals surface area (Å²) in [6.45, 7) is 0.562. The smallest absolute Gasteiger partial charge is 0.294 e. The average molecular weight is 372 g/mol. The van der Waals surface area contributed by atoms with Crippen LogP contribution < -0.4 is 5.32 Å². The summed E-state index contributed by atoms with van der Waals surface area (Å²) in [5, 5.41) is 6.91. The molecule has 28 heavy (non-hydrogen) atoms. The zero-order valence-electron chi connectivity index (χ0n) is 14.8. The molecule has 0 saturated carbocycles. The van der Waals surface area contributed by atoms with Crippen LogP contribution in [0.1, 0.15) is 27.7 Å². The first-order chi connectivity index (χ1) is 13.8. The average Bonchev–Trinajstić information content (AvgIpc) is 3.37. The first-order valence-electron chi connectivity index (χ1n) is 8.95. The topological polar surface area (TPSA) is 110 Å². The van der Waals surface area contributed by atoms with Crippen molar-refractivity contribution in [2.24, 2.45) is 0 Å². The van der Waals surface area contributed by atoms with Gasteiger partial charge in [-0.2, -0.15) is 4.98 Å². The molecule has 0 saturated heterocycles. The Labute approximate surface area is 160 Å². The second-order valence-electron chi connectivity index (χ2n) is 6.57. The number of H-pyrrole nitrogens is 1. The predicted octanol–water partition coefficient (Wildman–Crippen LogP) is 2.59. The van der Waals surface area contributed by atoms with Crippen molar-refractivity contribution in [1.82, 2.24) is 30.4 Å². The summed E-state index contributed by atoms with van der Waals surface area (Å²) in [6, 6.07) is 15.6. The summed E-state index contributed by atoms with van der Waals surface area (Å²) in [6.07, 6.45) is 2.32. The van der Waals surface area contributed by atoms with Gasteiger partial charge in [0.2, 0.25) is 5.82 Å². The van der Waals surface area contributed by atoms with Gasteiger partial charge in [-0.05, 0) is 24.1 Å². The molecule has 4 aromatic rings. The monoisotopic (exact) mass is 372 g/mol. The van der Waals surface area contributed by atoms with Gasteiger partial charge >= 0.3 is 0 Å². The number of pyridine rings is 1. The maximum Gasteiger partial charge on any atom is 0.294 e. The lowest BCUT2D eigenvalue weighted by atomic mass is 9.94. The van der Waals surface area contributed by atoms with Crippen LogP contribution in [0.2, 0.25) is 0 Å². The lowest BCUT2D eigenvalue weighted by Crippen LogP contribution is -2.26. The Kier molecular flexibility index (Phi) is 3.93. The fourth-order valence-corrected chi connectivity index (χ4v) is 3.34. The third-order valence-corrected chi connectivity index (χ3v) is 4.75. The van der Waals surface area contributed by atoms with Crippen LogP contribution >= 0.6 is 0 Å². The molecule has 1 aliphatic heterocycles. The number of carbonyl (C=O) groups is 1. The van der Waals surface area contributed by atoms with Gasteiger partial charge in [0, 0.05) is 24.4 Å². The lowest BCUT2D eigenvalue weighted by Gasteiger charge is -2.14. The number of amides is 1. The second kappa shape index (κ2) is 6.73. The summed E-state index contributed by atoms with van der Waals surface area (Å²) in [5.41, 5.74) is 2.90. The molecule has 2 N–H and O–H groups in total. The highest BCUT2D eigenvalue weighted by Gasteiger charge is 2.27. The molecule has 0 bridgehead atoms. The van der Waals surface area contributed by atoms with Crippen molar-refractivity contribution in [3.05, 3.63) is 71.7 Å². The predicted molar refractivity (Wildman–Crippen MR) is 100 cm³/mol. The number of nitrogens with one attached hydrogen (secondary N) is 2. The minimum absolute atomic E-state index is 0.159. The molecule has 0 radical (unpaired) electrons. The number of imidazole rings is 1. The number of fused-ring (bicyclic) bond motifs is 1. The van der Waals surface area contributed by atoms with Crippen LogP contribution in [0, 0.1) is 0 Å². The minimum Gasteiger partial charge on any atom is -0.350 e. The minimum atomic E-state index is -0.208. The van der Waals surface area contributed by atoms with Crippen LogP contribution in [0.25, 0.3) is 23.2 Å². The molecule has 8 nitrogen and oxygen atoms in total. The Morgan fingerprint density at radius 3 is 2.71 bits per heavy atom. The number of benzene rings is 1. The largest absolute Gasteiger partial charge is 0.350 e. The van der Waals surface area contributed by atoms with E-state index < -0.39 is 0 Å². The van der Waals surface area contributed by atoms with Crippen LogP contribution in [-0.4, -0.2) is 37.5 Å². The van der Waals surface area contributed by atoms with Gasteiger partial charge in [0.05, 0.1) is 0 Å². The van der Waals surface area contributed by atoms with Gasteiger partial charge in [0.1, 0.15) is 11.4 Å². The van der Waals surface area contributed by atoms with Crippen LogP contribution in [0.4, 0.5) is 0 Å². The number of aromatic amines is 1. The van der Waals surface area contributed by atoms with Gasteiger partial charge in [0.15, 0.2) is 5.82 Å². The van der Waals surface area contributed by atoms with Crippen molar-refractivity contribution in [1.29, 1.82) is 0 Å². The number of hydrogen-bond donors (Lipinski definition) is 2. The number of aromatic nitrogens is 5. The van der Waals surface area contributed by atoms with E-state index in [4.69, 9.17) is 4.52 Å². The molecule has 1 aromatic carbocycles. The first-order valence-corrected chi connectivity index (χ1v) is 8.95. The number of nitrogens with zero attached hydrogens (tertiary/aromatic N) is 4. The summed E-state index contributed by atoms with van der Waals surface area (Å²) < 4.78 is 5.33. The highest BCUT2D eigenvalue weighted by Crippen LogP contribution is 2.27. The molecule has 1 atom stereocenters. The molecule has 138 valence electrons. The van der Waals surface area contributed by atoms with Gasteiger partial charge in [-0.15, -0.1) is 0 Å². The molecule has 8 heteroatoms. The van der Waals surface area contributed by atoms with Crippen LogP contribution in [0.15, 0.2) is 59.3 Å². The van der Waals surface area contributed by atoms with Gasteiger partial charge in [0.25, 0.3) is 11.8 Å². The Bertz CT molecular complexity index is 1120.